The minimum atomic E-state index is -0.539. The zero-order chi connectivity index (χ0) is 20.7. The number of hydrogen-bond acceptors (Lipinski definition) is 4. The van der Waals surface area contributed by atoms with Gasteiger partial charge < -0.3 is 15.3 Å². The molecule has 0 amide bonds. The second kappa shape index (κ2) is 11.0. The van der Waals surface area contributed by atoms with Gasteiger partial charge in [0, 0.05) is 43.7 Å². The Morgan fingerprint density at radius 1 is 1.03 bits per heavy atom. The van der Waals surface area contributed by atoms with Crippen LogP contribution in [0.5, 0.6) is 0 Å². The average Bonchev–Trinajstić information content (AvgIpc) is 2.72. The summed E-state index contributed by atoms with van der Waals surface area (Å²) < 4.78 is 3.19. The number of nitrogens with zero attached hydrogens (tertiary/aromatic N) is 1. The van der Waals surface area contributed by atoms with E-state index in [9.17, 15) is 5.11 Å². The molecule has 0 spiro atoms. The lowest BCUT2D eigenvalue weighted by Gasteiger charge is -2.46. The summed E-state index contributed by atoms with van der Waals surface area (Å²) >= 11 is 14.7. The third-order valence-electron chi connectivity index (χ3n) is 5.99. The summed E-state index contributed by atoms with van der Waals surface area (Å²) in [7, 11) is 0. The van der Waals surface area contributed by atoms with Crippen molar-refractivity contribution in [3.63, 3.8) is 0 Å². The fourth-order valence-electron chi connectivity index (χ4n) is 4.20. The van der Waals surface area contributed by atoms with Gasteiger partial charge in [-0.15, -0.1) is 0 Å². The molecule has 1 saturated heterocycles. The highest BCUT2D eigenvalue weighted by molar-refractivity contribution is 6.30. The van der Waals surface area contributed by atoms with E-state index in [2.05, 4.69) is 68.1 Å². The largest absolute Gasteiger partial charge is 0.389 e. The Morgan fingerprint density at radius 2 is 1.69 bits per heavy atom. The predicted molar refractivity (Wildman–Crippen MR) is 121 cm³/mol. The van der Waals surface area contributed by atoms with Crippen LogP contribution >= 0.6 is 35.3 Å². The van der Waals surface area contributed by atoms with E-state index in [-0.39, 0.29) is 5.92 Å². The van der Waals surface area contributed by atoms with Crippen LogP contribution in [0.4, 0.5) is 0 Å². The Morgan fingerprint density at radius 3 is 2.24 bits per heavy atom. The van der Waals surface area contributed by atoms with E-state index in [0.29, 0.717) is 0 Å². The minimum absolute atomic E-state index is 0.183. The van der Waals surface area contributed by atoms with E-state index >= 15 is 0 Å². The van der Waals surface area contributed by atoms with Gasteiger partial charge in [0.15, 0.2) is 0 Å². The smallest absolute Gasteiger partial charge is 0.0832 e. The van der Waals surface area contributed by atoms with Crippen LogP contribution in [0.2, 0.25) is 5.02 Å². The molecule has 158 valence electrons. The molecular formula is C22H27Cl3N2O2. The van der Waals surface area contributed by atoms with Crippen molar-refractivity contribution < 1.29 is 8.95 Å². The van der Waals surface area contributed by atoms with E-state index < -0.39 is 5.60 Å². The van der Waals surface area contributed by atoms with Gasteiger partial charge in [-0.3, -0.25) is 0 Å². The fourth-order valence-corrected chi connectivity index (χ4v) is 4.39. The van der Waals surface area contributed by atoms with Crippen LogP contribution in [-0.4, -0.2) is 48.3 Å². The maximum absolute atomic E-state index is 11.1. The highest BCUT2D eigenvalue weighted by Gasteiger charge is 2.43. The molecule has 2 aromatic carbocycles. The van der Waals surface area contributed by atoms with Crippen molar-refractivity contribution in [1.82, 2.24) is 10.2 Å². The number of aliphatic hydroxyl groups is 1. The lowest BCUT2D eigenvalue weighted by Crippen LogP contribution is -2.51. The first kappa shape index (κ1) is 22.8. The lowest BCUT2D eigenvalue weighted by molar-refractivity contribution is -0.0652. The molecule has 1 unspecified atom stereocenters. The van der Waals surface area contributed by atoms with Crippen LogP contribution in [0.1, 0.15) is 30.7 Å². The number of halogens is 3. The van der Waals surface area contributed by atoms with Gasteiger partial charge in [0.1, 0.15) is 0 Å². The van der Waals surface area contributed by atoms with Crippen LogP contribution in [0.15, 0.2) is 48.5 Å². The number of nitrogens with one attached hydrogen (secondary N) is 1. The summed E-state index contributed by atoms with van der Waals surface area (Å²) in [5, 5.41) is 15.3. The van der Waals surface area contributed by atoms with Crippen LogP contribution < -0.4 is 5.32 Å². The summed E-state index contributed by atoms with van der Waals surface area (Å²) in [4.78, 5) is 2.49. The van der Waals surface area contributed by atoms with Gasteiger partial charge in [-0.2, -0.15) is 3.84 Å². The molecule has 0 bridgehead atoms. The molecule has 2 aliphatic rings. The molecule has 2 aromatic rings. The average molecular weight is 458 g/mol. The van der Waals surface area contributed by atoms with Gasteiger partial charge in [-0.05, 0) is 48.1 Å². The van der Waals surface area contributed by atoms with E-state index in [4.69, 9.17) is 11.6 Å². The maximum atomic E-state index is 11.1. The topological polar surface area (TPSA) is 44.7 Å². The van der Waals surface area contributed by atoms with Crippen molar-refractivity contribution in [2.45, 2.75) is 30.8 Å². The van der Waals surface area contributed by atoms with E-state index in [0.717, 1.165) is 68.1 Å². The highest BCUT2D eigenvalue weighted by atomic mass is 35.6. The number of rotatable bonds is 5. The lowest BCUT2D eigenvalue weighted by atomic mass is 9.68. The van der Waals surface area contributed by atoms with Gasteiger partial charge in [-0.25, -0.2) is 0 Å². The summed E-state index contributed by atoms with van der Waals surface area (Å²) in [5.41, 5.74) is 3.00. The molecule has 2 N–H and O–H groups in total. The van der Waals surface area contributed by atoms with E-state index in [1.165, 1.54) is 5.56 Å². The van der Waals surface area contributed by atoms with Crippen LogP contribution in [-0.2, 0) is 3.84 Å². The van der Waals surface area contributed by atoms with Crippen LogP contribution in [0.25, 0.3) is 11.1 Å². The normalized spacial score (nSPS) is 19.6. The van der Waals surface area contributed by atoms with Crippen LogP contribution in [0, 0.1) is 0 Å². The summed E-state index contributed by atoms with van der Waals surface area (Å²) in [6, 6.07) is 16.7. The Hall–Kier alpha value is -0.850. The van der Waals surface area contributed by atoms with Crippen molar-refractivity contribution in [2.24, 2.45) is 0 Å². The van der Waals surface area contributed by atoms with Crippen molar-refractivity contribution in [1.29, 1.82) is 0 Å². The molecule has 4 nitrogen and oxygen atoms in total. The molecule has 7 heteroatoms. The summed E-state index contributed by atoms with van der Waals surface area (Å²) in [6.45, 7) is 5.15. The van der Waals surface area contributed by atoms with Gasteiger partial charge in [0.2, 0.25) is 0 Å². The van der Waals surface area contributed by atoms with Crippen LogP contribution in [0.3, 0.4) is 0 Å². The zero-order valence-electron chi connectivity index (χ0n) is 16.3. The van der Waals surface area contributed by atoms with E-state index in [1.807, 2.05) is 18.2 Å². The molecule has 4 rings (SSSR count). The summed E-state index contributed by atoms with van der Waals surface area (Å²) in [5.74, 6) is 0.183. The molecular weight excluding hydrogens is 431 g/mol. The van der Waals surface area contributed by atoms with E-state index in [1.54, 1.807) is 0 Å². The molecule has 1 heterocycles. The second-order valence-corrected chi connectivity index (χ2v) is 8.65. The molecule has 29 heavy (non-hydrogen) atoms. The molecule has 1 aliphatic heterocycles. The molecule has 1 atom stereocenters. The maximum Gasteiger partial charge on any atom is 0.0832 e. The Kier molecular flexibility index (Phi) is 8.63. The third-order valence-corrected chi connectivity index (χ3v) is 6.22. The van der Waals surface area contributed by atoms with Gasteiger partial charge in [-0.1, -0.05) is 48.0 Å². The first-order valence-electron chi connectivity index (χ1n) is 9.96. The Labute approximate surface area is 188 Å². The molecule has 1 saturated carbocycles. The monoisotopic (exact) mass is 456 g/mol. The minimum Gasteiger partial charge on any atom is -0.389 e. The van der Waals surface area contributed by atoms with Crippen molar-refractivity contribution in [3.8, 4) is 11.1 Å². The molecule has 1 aliphatic carbocycles. The first-order chi connectivity index (χ1) is 14.1. The van der Waals surface area contributed by atoms with Gasteiger partial charge in [0.25, 0.3) is 0 Å². The summed E-state index contributed by atoms with van der Waals surface area (Å²) in [6.07, 6.45) is 2.97. The quantitative estimate of drug-likeness (QED) is 0.646. The van der Waals surface area contributed by atoms with Crippen molar-refractivity contribution in [2.75, 3.05) is 32.7 Å². The fraction of sp³-hybridized carbons (Fsp3) is 0.455. The van der Waals surface area contributed by atoms with Gasteiger partial charge >= 0.3 is 0 Å². The number of piperazine rings is 1. The predicted octanol–water partition coefficient (Wildman–Crippen LogP) is 5.22. The molecule has 0 radical (unpaired) electrons. The number of hydrogen-bond donors (Lipinski definition) is 2. The Bertz CT molecular complexity index is 763. The first-order valence-corrected chi connectivity index (χ1v) is 11.0. The highest BCUT2D eigenvalue weighted by Crippen LogP contribution is 2.44. The third kappa shape index (κ3) is 6.08. The van der Waals surface area contributed by atoms with Crippen molar-refractivity contribution in [3.05, 3.63) is 59.1 Å². The second-order valence-electron chi connectivity index (χ2n) is 7.75. The molecule has 0 aromatic heterocycles. The number of benzene rings is 2. The standard InChI is InChI=1S/C22H27ClN2O.Cl2O/c23-20-4-1-3-19(15-20)17-5-7-18(8-6-17)21(22(26)9-2-10-22)16-25-13-11-24-12-14-25;1-3-2/h1,3-8,15,21,24,26H,2,9-14,16H2;. The van der Waals surface area contributed by atoms with Gasteiger partial charge in [0.05, 0.1) is 29.3 Å². The zero-order valence-corrected chi connectivity index (χ0v) is 18.6. The Balaban J connectivity index is 0.000000755. The molecule has 2 fully saturated rings. The van der Waals surface area contributed by atoms with Crippen molar-refractivity contribution >= 4 is 35.3 Å². The SMILES string of the molecule is ClOCl.OC1(C(CN2CCNCC2)c2ccc(-c3cccc(Cl)c3)cc2)CCC1.